The van der Waals surface area contributed by atoms with Gasteiger partial charge in [0.05, 0.1) is 19.1 Å². The molecular weight excluding hydrogens is 296 g/mol. The number of rotatable bonds is 5. The Morgan fingerprint density at radius 3 is 2.52 bits per heavy atom. The van der Waals surface area contributed by atoms with Crippen LogP contribution in [-0.2, 0) is 19.1 Å². The minimum absolute atomic E-state index is 0.0180. The summed E-state index contributed by atoms with van der Waals surface area (Å²) in [5.41, 5.74) is 1.81. The van der Waals surface area contributed by atoms with Crippen LogP contribution in [0.5, 0.6) is 0 Å². The lowest BCUT2D eigenvalue weighted by atomic mass is 10.2. The van der Waals surface area contributed by atoms with Gasteiger partial charge in [-0.15, -0.1) is 0 Å². The van der Waals surface area contributed by atoms with E-state index in [1.165, 1.54) is 0 Å². The summed E-state index contributed by atoms with van der Waals surface area (Å²) < 4.78 is 10.3. The van der Waals surface area contributed by atoms with Crippen LogP contribution >= 0.6 is 0 Å². The molecular formula is C17H22N2O4. The highest BCUT2D eigenvalue weighted by atomic mass is 16.5. The Hall–Kier alpha value is -2.08. The van der Waals surface area contributed by atoms with Crippen LogP contribution in [0.1, 0.15) is 13.3 Å². The molecule has 23 heavy (non-hydrogen) atoms. The molecule has 3 rings (SSSR count). The van der Waals surface area contributed by atoms with Crippen molar-refractivity contribution in [2.75, 3.05) is 43.1 Å². The van der Waals surface area contributed by atoms with Crippen LogP contribution < -0.4 is 10.2 Å². The minimum atomic E-state index is -0.314. The third-order valence-electron chi connectivity index (χ3n) is 4.29. The van der Waals surface area contributed by atoms with Gasteiger partial charge in [-0.25, -0.2) is 0 Å². The van der Waals surface area contributed by atoms with Crippen molar-refractivity contribution in [3.63, 3.8) is 0 Å². The van der Waals surface area contributed by atoms with Crippen molar-refractivity contribution in [3.8, 4) is 0 Å². The number of hydrogen-bond acceptors (Lipinski definition) is 5. The SMILES string of the molecule is C[C@H]1C[C@@H]1C(=O)OCC(=O)Nc1ccc(N2CCOCC2)cc1. The number of nitrogens with zero attached hydrogens (tertiary/aromatic N) is 1. The number of esters is 1. The van der Waals surface area contributed by atoms with Gasteiger partial charge < -0.3 is 19.7 Å². The lowest BCUT2D eigenvalue weighted by Gasteiger charge is -2.28. The lowest BCUT2D eigenvalue weighted by molar-refractivity contribution is -0.148. The monoisotopic (exact) mass is 318 g/mol. The zero-order valence-electron chi connectivity index (χ0n) is 13.3. The molecule has 6 heteroatoms. The maximum Gasteiger partial charge on any atom is 0.309 e. The number of benzene rings is 1. The van der Waals surface area contributed by atoms with Gasteiger partial charge in [-0.05, 0) is 36.6 Å². The topological polar surface area (TPSA) is 67.9 Å². The summed E-state index contributed by atoms with van der Waals surface area (Å²) in [7, 11) is 0. The predicted octanol–water partition coefficient (Wildman–Crippen LogP) is 1.66. The molecule has 2 fully saturated rings. The van der Waals surface area contributed by atoms with Crippen molar-refractivity contribution in [1.29, 1.82) is 0 Å². The van der Waals surface area contributed by atoms with E-state index in [0.29, 0.717) is 11.6 Å². The molecule has 1 aromatic carbocycles. The first-order valence-corrected chi connectivity index (χ1v) is 8.03. The van der Waals surface area contributed by atoms with Gasteiger partial charge >= 0.3 is 5.97 Å². The molecule has 0 bridgehead atoms. The number of ether oxygens (including phenoxy) is 2. The molecule has 1 N–H and O–H groups in total. The van der Waals surface area contributed by atoms with Gasteiger partial charge in [0.2, 0.25) is 0 Å². The minimum Gasteiger partial charge on any atom is -0.455 e. The maximum absolute atomic E-state index is 11.8. The van der Waals surface area contributed by atoms with Gasteiger partial charge in [-0.1, -0.05) is 6.92 Å². The van der Waals surface area contributed by atoms with Gasteiger partial charge in [-0.3, -0.25) is 9.59 Å². The van der Waals surface area contributed by atoms with Gasteiger partial charge in [0.1, 0.15) is 0 Å². The Morgan fingerprint density at radius 2 is 1.91 bits per heavy atom. The summed E-state index contributed by atoms with van der Waals surface area (Å²) >= 11 is 0. The third kappa shape index (κ3) is 4.22. The Kier molecular flexibility index (Phi) is 4.81. The zero-order chi connectivity index (χ0) is 16.2. The zero-order valence-corrected chi connectivity index (χ0v) is 13.3. The van der Waals surface area contributed by atoms with Crippen LogP contribution in [0.3, 0.4) is 0 Å². The molecule has 124 valence electrons. The Bertz CT molecular complexity index is 566. The second-order valence-corrected chi connectivity index (χ2v) is 6.12. The Labute approximate surface area is 135 Å². The molecule has 2 aliphatic rings. The molecule has 1 aromatic rings. The summed E-state index contributed by atoms with van der Waals surface area (Å²) in [5.74, 6) is -0.213. The average molecular weight is 318 g/mol. The molecule has 0 spiro atoms. The van der Waals surface area contributed by atoms with Gasteiger partial charge in [0, 0.05) is 24.5 Å². The van der Waals surface area contributed by atoms with Crippen molar-refractivity contribution in [2.24, 2.45) is 11.8 Å². The first-order chi connectivity index (χ1) is 11.1. The second-order valence-electron chi connectivity index (χ2n) is 6.12. The highest BCUT2D eigenvalue weighted by molar-refractivity contribution is 5.93. The van der Waals surface area contributed by atoms with Crippen LogP contribution in [0, 0.1) is 11.8 Å². The predicted molar refractivity (Wildman–Crippen MR) is 86.3 cm³/mol. The standard InChI is InChI=1S/C17H22N2O4/c1-12-10-15(12)17(21)23-11-16(20)18-13-2-4-14(5-3-13)19-6-8-22-9-7-19/h2-5,12,15H,6-11H2,1H3,(H,18,20)/t12-,15-/m0/s1. The number of carbonyl (C=O) groups excluding carboxylic acids is 2. The smallest absolute Gasteiger partial charge is 0.309 e. The summed E-state index contributed by atoms with van der Waals surface area (Å²) in [6.07, 6.45) is 0.865. The fourth-order valence-electron chi connectivity index (χ4n) is 2.67. The first-order valence-electron chi connectivity index (χ1n) is 8.03. The van der Waals surface area contributed by atoms with Crippen molar-refractivity contribution >= 4 is 23.3 Å². The first kappa shape index (κ1) is 15.8. The van der Waals surface area contributed by atoms with Crippen molar-refractivity contribution < 1.29 is 19.1 Å². The van der Waals surface area contributed by atoms with E-state index in [-0.39, 0.29) is 24.4 Å². The van der Waals surface area contributed by atoms with Crippen LogP contribution in [0.2, 0.25) is 0 Å². The number of anilines is 2. The third-order valence-corrected chi connectivity index (χ3v) is 4.29. The molecule has 1 aliphatic carbocycles. The van der Waals surface area contributed by atoms with E-state index in [9.17, 15) is 9.59 Å². The number of morpholine rings is 1. The highest BCUT2D eigenvalue weighted by Crippen LogP contribution is 2.38. The van der Waals surface area contributed by atoms with E-state index in [1.807, 2.05) is 31.2 Å². The summed E-state index contributed by atoms with van der Waals surface area (Å²) in [6.45, 7) is 5.00. The summed E-state index contributed by atoms with van der Waals surface area (Å²) in [4.78, 5) is 25.6. The highest BCUT2D eigenvalue weighted by Gasteiger charge is 2.40. The van der Waals surface area contributed by atoms with Gasteiger partial charge in [-0.2, -0.15) is 0 Å². The molecule has 1 saturated carbocycles. The molecule has 6 nitrogen and oxygen atoms in total. The molecule has 1 heterocycles. The molecule has 1 amide bonds. The van der Waals surface area contributed by atoms with E-state index in [2.05, 4.69) is 10.2 Å². The normalized spacial score (nSPS) is 23.3. The molecule has 0 unspecified atom stereocenters. The fraction of sp³-hybridized carbons (Fsp3) is 0.529. The van der Waals surface area contributed by atoms with Crippen molar-refractivity contribution in [1.82, 2.24) is 0 Å². The number of nitrogens with one attached hydrogen (secondary N) is 1. The van der Waals surface area contributed by atoms with Crippen LogP contribution in [0.4, 0.5) is 11.4 Å². The molecule has 2 atom stereocenters. The van der Waals surface area contributed by atoms with Gasteiger partial charge in [0.25, 0.3) is 5.91 Å². The average Bonchev–Trinajstić information content (AvgIpc) is 3.31. The van der Waals surface area contributed by atoms with Crippen LogP contribution in [0.25, 0.3) is 0 Å². The molecule has 1 aliphatic heterocycles. The van der Waals surface area contributed by atoms with E-state index in [1.54, 1.807) is 0 Å². The van der Waals surface area contributed by atoms with Gasteiger partial charge in [0.15, 0.2) is 6.61 Å². The van der Waals surface area contributed by atoms with E-state index >= 15 is 0 Å². The van der Waals surface area contributed by atoms with Crippen LogP contribution in [0.15, 0.2) is 24.3 Å². The van der Waals surface area contributed by atoms with E-state index in [0.717, 1.165) is 38.4 Å². The molecule has 1 saturated heterocycles. The molecule has 0 radical (unpaired) electrons. The number of carbonyl (C=O) groups is 2. The number of hydrogen-bond donors (Lipinski definition) is 1. The largest absolute Gasteiger partial charge is 0.455 e. The fourth-order valence-corrected chi connectivity index (χ4v) is 2.67. The Morgan fingerprint density at radius 1 is 1.26 bits per heavy atom. The van der Waals surface area contributed by atoms with Crippen LogP contribution in [-0.4, -0.2) is 44.8 Å². The summed E-state index contributed by atoms with van der Waals surface area (Å²) in [6, 6.07) is 7.65. The maximum atomic E-state index is 11.8. The number of amides is 1. The molecule has 0 aromatic heterocycles. The van der Waals surface area contributed by atoms with Crippen molar-refractivity contribution in [2.45, 2.75) is 13.3 Å². The second kappa shape index (κ2) is 7.00. The Balaban J connectivity index is 1.45. The van der Waals surface area contributed by atoms with E-state index in [4.69, 9.17) is 9.47 Å². The summed E-state index contributed by atoms with van der Waals surface area (Å²) in [5, 5.41) is 2.74. The van der Waals surface area contributed by atoms with E-state index < -0.39 is 0 Å². The quantitative estimate of drug-likeness (QED) is 0.836. The lowest BCUT2D eigenvalue weighted by Crippen LogP contribution is -2.36. The van der Waals surface area contributed by atoms with Crippen molar-refractivity contribution in [3.05, 3.63) is 24.3 Å².